The number of aromatic nitrogens is 2. The second-order valence-electron chi connectivity index (χ2n) is 3.11. The van der Waals surface area contributed by atoms with E-state index in [0.717, 1.165) is 16.8 Å². The Morgan fingerprint density at radius 3 is 2.69 bits per heavy atom. The maximum absolute atomic E-state index is 13.4. The molecule has 0 bridgehead atoms. The third-order valence-electron chi connectivity index (χ3n) is 2.10. The standard InChI is InChI=1S/C10H7F2N3O/c11-7-1-2-9(8(12)3-7)15-10(13)6(5-16)4-14-15/h1-5H,13H2. The average molecular weight is 223 g/mol. The molecule has 0 radical (unpaired) electrons. The Hall–Kier alpha value is -2.24. The molecule has 0 aliphatic carbocycles. The van der Waals surface area contributed by atoms with E-state index in [9.17, 15) is 13.6 Å². The summed E-state index contributed by atoms with van der Waals surface area (Å²) < 4.78 is 27.1. The smallest absolute Gasteiger partial charge is 0.155 e. The summed E-state index contributed by atoms with van der Waals surface area (Å²) in [6.07, 6.45) is 1.73. The van der Waals surface area contributed by atoms with Crippen LogP contribution >= 0.6 is 0 Å². The van der Waals surface area contributed by atoms with Gasteiger partial charge >= 0.3 is 0 Å². The minimum atomic E-state index is -0.799. The molecule has 2 N–H and O–H groups in total. The van der Waals surface area contributed by atoms with E-state index < -0.39 is 11.6 Å². The van der Waals surface area contributed by atoms with Crippen LogP contribution in [0.4, 0.5) is 14.6 Å². The predicted octanol–water partition coefficient (Wildman–Crippen LogP) is 1.55. The van der Waals surface area contributed by atoms with E-state index in [2.05, 4.69) is 5.10 Å². The van der Waals surface area contributed by atoms with E-state index in [-0.39, 0.29) is 17.1 Å². The molecule has 0 atom stereocenters. The Bertz CT molecular complexity index is 551. The van der Waals surface area contributed by atoms with Gasteiger partial charge in [0.25, 0.3) is 0 Å². The minimum Gasteiger partial charge on any atom is -0.383 e. The number of nitrogens with two attached hydrogens (primary N) is 1. The zero-order chi connectivity index (χ0) is 11.7. The van der Waals surface area contributed by atoms with E-state index in [1.807, 2.05) is 0 Å². The van der Waals surface area contributed by atoms with Gasteiger partial charge < -0.3 is 5.73 Å². The molecular weight excluding hydrogens is 216 g/mol. The first kappa shape index (κ1) is 10.3. The molecule has 0 amide bonds. The van der Waals surface area contributed by atoms with Crippen molar-refractivity contribution in [1.82, 2.24) is 9.78 Å². The quantitative estimate of drug-likeness (QED) is 0.785. The molecule has 0 unspecified atom stereocenters. The van der Waals surface area contributed by atoms with Gasteiger partial charge in [-0.15, -0.1) is 0 Å². The number of benzene rings is 1. The minimum absolute atomic E-state index is 0.00741. The number of nitrogens with zero attached hydrogens (tertiary/aromatic N) is 2. The molecule has 16 heavy (non-hydrogen) atoms. The lowest BCUT2D eigenvalue weighted by molar-refractivity contribution is 0.112. The lowest BCUT2D eigenvalue weighted by atomic mass is 10.3. The molecule has 0 spiro atoms. The molecule has 6 heteroatoms. The van der Waals surface area contributed by atoms with Gasteiger partial charge in [-0.05, 0) is 12.1 Å². The fourth-order valence-corrected chi connectivity index (χ4v) is 1.31. The lowest BCUT2D eigenvalue weighted by Gasteiger charge is -2.05. The monoisotopic (exact) mass is 223 g/mol. The van der Waals surface area contributed by atoms with Crippen LogP contribution < -0.4 is 5.73 Å². The normalized spacial score (nSPS) is 10.4. The largest absolute Gasteiger partial charge is 0.383 e. The van der Waals surface area contributed by atoms with Gasteiger partial charge in [0.15, 0.2) is 12.1 Å². The molecule has 0 aliphatic rings. The molecule has 1 heterocycles. The first-order valence-corrected chi connectivity index (χ1v) is 4.37. The number of nitrogen functional groups attached to an aromatic ring is 1. The van der Waals surface area contributed by atoms with Crippen molar-refractivity contribution in [3.05, 3.63) is 41.6 Å². The highest BCUT2D eigenvalue weighted by atomic mass is 19.1. The van der Waals surface area contributed by atoms with Crippen LogP contribution in [0.3, 0.4) is 0 Å². The van der Waals surface area contributed by atoms with Gasteiger partial charge in [0, 0.05) is 6.07 Å². The van der Waals surface area contributed by atoms with E-state index in [4.69, 9.17) is 5.73 Å². The van der Waals surface area contributed by atoms with Crippen molar-refractivity contribution in [3.8, 4) is 5.69 Å². The molecule has 2 rings (SSSR count). The van der Waals surface area contributed by atoms with E-state index in [1.165, 1.54) is 12.3 Å². The second-order valence-corrected chi connectivity index (χ2v) is 3.11. The van der Waals surface area contributed by atoms with Crippen molar-refractivity contribution in [2.75, 3.05) is 5.73 Å². The molecule has 2 aromatic rings. The van der Waals surface area contributed by atoms with Gasteiger partial charge in [-0.3, -0.25) is 4.79 Å². The highest BCUT2D eigenvalue weighted by Gasteiger charge is 2.12. The molecule has 1 aromatic heterocycles. The van der Waals surface area contributed by atoms with Crippen molar-refractivity contribution >= 4 is 12.1 Å². The number of anilines is 1. The van der Waals surface area contributed by atoms with Crippen LogP contribution in [0.5, 0.6) is 0 Å². The molecule has 0 saturated heterocycles. The first-order chi connectivity index (χ1) is 7.63. The van der Waals surface area contributed by atoms with Gasteiger partial charge in [0.2, 0.25) is 0 Å². The van der Waals surface area contributed by atoms with E-state index in [1.54, 1.807) is 0 Å². The third kappa shape index (κ3) is 1.54. The number of carbonyl (C=O) groups is 1. The Labute approximate surface area is 89.3 Å². The summed E-state index contributed by atoms with van der Waals surface area (Å²) in [6.45, 7) is 0. The number of aldehydes is 1. The predicted molar refractivity (Wildman–Crippen MR) is 53.3 cm³/mol. The maximum atomic E-state index is 13.4. The van der Waals surface area contributed by atoms with Crippen LogP contribution in [-0.4, -0.2) is 16.1 Å². The second kappa shape index (κ2) is 3.73. The molecule has 4 nitrogen and oxygen atoms in total. The molecular formula is C10H7F2N3O. The van der Waals surface area contributed by atoms with Gasteiger partial charge in [-0.1, -0.05) is 0 Å². The summed E-state index contributed by atoms with van der Waals surface area (Å²) in [4.78, 5) is 10.5. The molecule has 0 aliphatic heterocycles. The van der Waals surface area contributed by atoms with Gasteiger partial charge in [-0.25, -0.2) is 13.5 Å². The summed E-state index contributed by atoms with van der Waals surface area (Å²) in [7, 11) is 0. The summed E-state index contributed by atoms with van der Waals surface area (Å²) in [6, 6.07) is 3.00. The summed E-state index contributed by atoms with van der Waals surface area (Å²) in [5, 5.41) is 3.75. The number of hydrogen-bond donors (Lipinski definition) is 1. The Morgan fingerprint density at radius 1 is 1.38 bits per heavy atom. The van der Waals surface area contributed by atoms with Crippen molar-refractivity contribution in [2.24, 2.45) is 0 Å². The van der Waals surface area contributed by atoms with E-state index in [0.29, 0.717) is 6.29 Å². The third-order valence-corrected chi connectivity index (χ3v) is 2.10. The topological polar surface area (TPSA) is 60.9 Å². The zero-order valence-corrected chi connectivity index (χ0v) is 8.02. The zero-order valence-electron chi connectivity index (χ0n) is 8.02. The van der Waals surface area contributed by atoms with Gasteiger partial charge in [0.05, 0.1) is 11.8 Å². The fourth-order valence-electron chi connectivity index (χ4n) is 1.31. The molecule has 0 saturated carbocycles. The highest BCUT2D eigenvalue weighted by Crippen LogP contribution is 2.19. The average Bonchev–Trinajstić information content (AvgIpc) is 2.60. The molecule has 1 aromatic carbocycles. The van der Waals surface area contributed by atoms with Crippen molar-refractivity contribution < 1.29 is 13.6 Å². The maximum Gasteiger partial charge on any atom is 0.155 e. The van der Waals surface area contributed by atoms with Crippen LogP contribution in [0.25, 0.3) is 5.69 Å². The van der Waals surface area contributed by atoms with Crippen LogP contribution in [0.15, 0.2) is 24.4 Å². The SMILES string of the molecule is Nc1c(C=O)cnn1-c1ccc(F)cc1F. The van der Waals surface area contributed by atoms with Gasteiger partial charge in [-0.2, -0.15) is 5.10 Å². The summed E-state index contributed by atoms with van der Waals surface area (Å²) >= 11 is 0. The van der Waals surface area contributed by atoms with Crippen LogP contribution in [0.2, 0.25) is 0 Å². The van der Waals surface area contributed by atoms with Crippen molar-refractivity contribution in [2.45, 2.75) is 0 Å². The Kier molecular flexibility index (Phi) is 2.40. The van der Waals surface area contributed by atoms with Crippen molar-refractivity contribution in [1.29, 1.82) is 0 Å². The number of rotatable bonds is 2. The summed E-state index contributed by atoms with van der Waals surface area (Å²) in [5.41, 5.74) is 5.71. The van der Waals surface area contributed by atoms with Crippen LogP contribution in [0.1, 0.15) is 10.4 Å². The number of hydrogen-bond acceptors (Lipinski definition) is 3. The first-order valence-electron chi connectivity index (χ1n) is 4.37. The Morgan fingerprint density at radius 2 is 2.12 bits per heavy atom. The Balaban J connectivity index is 2.58. The molecule has 82 valence electrons. The highest BCUT2D eigenvalue weighted by molar-refractivity contribution is 5.81. The van der Waals surface area contributed by atoms with E-state index >= 15 is 0 Å². The van der Waals surface area contributed by atoms with Crippen LogP contribution in [0, 0.1) is 11.6 Å². The molecule has 0 fully saturated rings. The number of halogens is 2. The van der Waals surface area contributed by atoms with Crippen LogP contribution in [-0.2, 0) is 0 Å². The fraction of sp³-hybridized carbons (Fsp3) is 0. The summed E-state index contributed by atoms with van der Waals surface area (Å²) in [5.74, 6) is -1.48. The lowest BCUT2D eigenvalue weighted by Crippen LogP contribution is -2.05. The number of carbonyl (C=O) groups excluding carboxylic acids is 1. The van der Waals surface area contributed by atoms with Gasteiger partial charge in [0.1, 0.15) is 17.3 Å². The van der Waals surface area contributed by atoms with Crippen molar-refractivity contribution in [3.63, 3.8) is 0 Å².